The van der Waals surface area contributed by atoms with Crippen molar-refractivity contribution in [1.29, 1.82) is 0 Å². The third-order valence-electron chi connectivity index (χ3n) is 5.95. The van der Waals surface area contributed by atoms with E-state index in [0.717, 1.165) is 36.6 Å². The van der Waals surface area contributed by atoms with Crippen molar-refractivity contribution in [1.82, 2.24) is 14.9 Å². The highest BCUT2D eigenvalue weighted by molar-refractivity contribution is 5.43. The van der Waals surface area contributed by atoms with Gasteiger partial charge in [-0.25, -0.2) is 9.97 Å². The van der Waals surface area contributed by atoms with E-state index in [4.69, 9.17) is 15.7 Å². The zero-order valence-electron chi connectivity index (χ0n) is 13.0. The Morgan fingerprint density at radius 2 is 1.71 bits per heavy atom. The maximum atomic E-state index is 6.27. The van der Waals surface area contributed by atoms with Gasteiger partial charge < -0.3 is 10.6 Å². The minimum Gasteiger partial charge on any atom is -0.383 e. The lowest BCUT2D eigenvalue weighted by Gasteiger charge is -2.35. The Morgan fingerprint density at radius 1 is 1.00 bits per heavy atom. The minimum absolute atomic E-state index is 0.523. The van der Waals surface area contributed by atoms with Gasteiger partial charge in [0.15, 0.2) is 0 Å². The normalized spacial score (nSPS) is 32.7. The van der Waals surface area contributed by atoms with Crippen LogP contribution in [0.4, 0.5) is 5.82 Å². The van der Waals surface area contributed by atoms with E-state index in [1.807, 2.05) is 0 Å². The second-order valence-corrected chi connectivity index (χ2v) is 7.17. The molecule has 0 radical (unpaired) electrons. The van der Waals surface area contributed by atoms with Crippen molar-refractivity contribution in [2.75, 3.05) is 12.8 Å². The Labute approximate surface area is 127 Å². The molecule has 3 aliphatic rings. The first kappa shape index (κ1) is 13.5. The summed E-state index contributed by atoms with van der Waals surface area (Å²) >= 11 is 0. The van der Waals surface area contributed by atoms with Gasteiger partial charge in [0.1, 0.15) is 11.6 Å². The van der Waals surface area contributed by atoms with E-state index in [0.29, 0.717) is 5.92 Å². The first-order valence-electron chi connectivity index (χ1n) is 8.59. The maximum absolute atomic E-state index is 6.27. The number of hydrogen-bond donors (Lipinski definition) is 1. The Hall–Kier alpha value is -1.16. The predicted octanol–water partition coefficient (Wildman–Crippen LogP) is 2.67. The van der Waals surface area contributed by atoms with Crippen LogP contribution in [-0.2, 0) is 12.8 Å². The SMILES string of the molecule is CN1C2CCC1CC(c1nc(N)c3c(n1)CCCCC3)C2. The molecule has 2 unspecified atom stereocenters. The van der Waals surface area contributed by atoms with Gasteiger partial charge in [0, 0.05) is 29.3 Å². The third-order valence-corrected chi connectivity index (χ3v) is 5.95. The highest BCUT2D eigenvalue weighted by Gasteiger charge is 2.40. The summed E-state index contributed by atoms with van der Waals surface area (Å²) < 4.78 is 0. The topological polar surface area (TPSA) is 55.0 Å². The van der Waals surface area contributed by atoms with Crippen LogP contribution in [0.2, 0.25) is 0 Å². The van der Waals surface area contributed by atoms with Crippen molar-refractivity contribution in [3.8, 4) is 0 Å². The monoisotopic (exact) mass is 286 g/mol. The molecule has 0 aromatic carbocycles. The number of nitrogen functional groups attached to an aromatic ring is 1. The summed E-state index contributed by atoms with van der Waals surface area (Å²) in [5.74, 6) is 2.33. The standard InChI is InChI=1S/C17H26N4/c1-21-12-7-8-13(21)10-11(9-12)17-19-15-6-4-2-3-5-14(15)16(18)20-17/h11-13H,2-10H2,1H3,(H2,18,19,20). The molecule has 2 aliphatic heterocycles. The lowest BCUT2D eigenvalue weighted by Crippen LogP contribution is -2.39. The summed E-state index contributed by atoms with van der Waals surface area (Å²) in [5.41, 5.74) is 8.76. The summed E-state index contributed by atoms with van der Waals surface area (Å²) in [4.78, 5) is 12.3. The first-order chi connectivity index (χ1) is 10.2. The van der Waals surface area contributed by atoms with Crippen LogP contribution in [0, 0.1) is 0 Å². The van der Waals surface area contributed by atoms with E-state index in [9.17, 15) is 0 Å². The zero-order valence-corrected chi connectivity index (χ0v) is 13.0. The molecule has 2 saturated heterocycles. The molecule has 0 amide bonds. The number of aryl methyl sites for hydroxylation is 1. The molecular weight excluding hydrogens is 260 g/mol. The van der Waals surface area contributed by atoms with Gasteiger partial charge >= 0.3 is 0 Å². The van der Waals surface area contributed by atoms with Gasteiger partial charge in [-0.1, -0.05) is 6.42 Å². The van der Waals surface area contributed by atoms with Crippen LogP contribution >= 0.6 is 0 Å². The molecule has 1 aromatic rings. The molecule has 4 nitrogen and oxygen atoms in total. The summed E-state index contributed by atoms with van der Waals surface area (Å²) in [5, 5.41) is 0. The van der Waals surface area contributed by atoms with Crippen molar-refractivity contribution >= 4 is 5.82 Å². The fraction of sp³-hybridized carbons (Fsp3) is 0.765. The zero-order chi connectivity index (χ0) is 14.4. The van der Waals surface area contributed by atoms with Crippen LogP contribution in [0.5, 0.6) is 0 Å². The van der Waals surface area contributed by atoms with Crippen molar-refractivity contribution in [2.24, 2.45) is 0 Å². The van der Waals surface area contributed by atoms with Crippen LogP contribution < -0.4 is 5.73 Å². The Bertz CT molecular complexity index is 528. The van der Waals surface area contributed by atoms with E-state index < -0.39 is 0 Å². The van der Waals surface area contributed by atoms with Crippen LogP contribution in [0.15, 0.2) is 0 Å². The number of nitrogens with zero attached hydrogens (tertiary/aromatic N) is 3. The number of fused-ring (bicyclic) bond motifs is 3. The Balaban J connectivity index is 1.64. The number of nitrogens with two attached hydrogens (primary N) is 1. The molecule has 4 heteroatoms. The molecule has 21 heavy (non-hydrogen) atoms. The molecule has 0 saturated carbocycles. The number of aromatic nitrogens is 2. The molecule has 2 atom stereocenters. The van der Waals surface area contributed by atoms with E-state index in [-0.39, 0.29) is 0 Å². The largest absolute Gasteiger partial charge is 0.383 e. The van der Waals surface area contributed by atoms with Crippen LogP contribution in [0.3, 0.4) is 0 Å². The average molecular weight is 286 g/mol. The smallest absolute Gasteiger partial charge is 0.134 e. The average Bonchev–Trinajstić information content (AvgIpc) is 2.71. The van der Waals surface area contributed by atoms with Crippen molar-refractivity contribution in [3.63, 3.8) is 0 Å². The maximum Gasteiger partial charge on any atom is 0.134 e. The van der Waals surface area contributed by atoms with E-state index in [1.54, 1.807) is 0 Å². The first-order valence-corrected chi connectivity index (χ1v) is 8.59. The van der Waals surface area contributed by atoms with E-state index >= 15 is 0 Å². The summed E-state index contributed by atoms with van der Waals surface area (Å²) in [6.45, 7) is 0. The molecule has 0 spiro atoms. The third kappa shape index (κ3) is 2.33. The highest BCUT2D eigenvalue weighted by atomic mass is 15.2. The molecule has 2 N–H and O–H groups in total. The van der Waals surface area contributed by atoms with Gasteiger partial charge in [-0.05, 0) is 58.4 Å². The van der Waals surface area contributed by atoms with Gasteiger partial charge in [0.25, 0.3) is 0 Å². The predicted molar refractivity (Wildman–Crippen MR) is 84.3 cm³/mol. The van der Waals surface area contributed by atoms with E-state index in [2.05, 4.69) is 11.9 Å². The summed E-state index contributed by atoms with van der Waals surface area (Å²) in [6.07, 6.45) is 11.1. The fourth-order valence-electron chi connectivity index (χ4n) is 4.62. The minimum atomic E-state index is 0.523. The van der Waals surface area contributed by atoms with Crippen molar-refractivity contribution < 1.29 is 0 Å². The quantitative estimate of drug-likeness (QED) is 0.806. The number of piperidine rings is 1. The molecular formula is C17H26N4. The highest BCUT2D eigenvalue weighted by Crippen LogP contribution is 2.41. The molecule has 3 heterocycles. The second kappa shape index (κ2) is 5.24. The lowest BCUT2D eigenvalue weighted by molar-refractivity contribution is 0.159. The summed E-state index contributed by atoms with van der Waals surface area (Å²) in [7, 11) is 2.28. The summed E-state index contributed by atoms with van der Waals surface area (Å²) in [6, 6.07) is 1.47. The molecule has 2 bridgehead atoms. The van der Waals surface area contributed by atoms with Crippen LogP contribution in [-0.4, -0.2) is 34.0 Å². The van der Waals surface area contributed by atoms with Crippen LogP contribution in [0.1, 0.15) is 67.9 Å². The van der Waals surface area contributed by atoms with Crippen molar-refractivity contribution in [3.05, 3.63) is 17.1 Å². The van der Waals surface area contributed by atoms with E-state index in [1.165, 1.54) is 56.2 Å². The van der Waals surface area contributed by atoms with Gasteiger partial charge in [-0.2, -0.15) is 0 Å². The van der Waals surface area contributed by atoms with Gasteiger partial charge in [0.2, 0.25) is 0 Å². The lowest BCUT2D eigenvalue weighted by atomic mass is 9.90. The number of anilines is 1. The van der Waals surface area contributed by atoms with Crippen LogP contribution in [0.25, 0.3) is 0 Å². The van der Waals surface area contributed by atoms with Gasteiger partial charge in [0.05, 0.1) is 0 Å². The molecule has 1 aromatic heterocycles. The van der Waals surface area contributed by atoms with Gasteiger partial charge in [-0.15, -0.1) is 0 Å². The molecule has 4 rings (SSSR count). The number of hydrogen-bond acceptors (Lipinski definition) is 4. The Morgan fingerprint density at radius 3 is 2.48 bits per heavy atom. The van der Waals surface area contributed by atoms with Gasteiger partial charge in [-0.3, -0.25) is 0 Å². The second-order valence-electron chi connectivity index (χ2n) is 7.17. The van der Waals surface area contributed by atoms with Crippen molar-refractivity contribution in [2.45, 2.75) is 75.8 Å². The Kier molecular flexibility index (Phi) is 3.37. The molecule has 2 fully saturated rings. The number of rotatable bonds is 1. The molecule has 114 valence electrons. The molecule has 1 aliphatic carbocycles. The fourth-order valence-corrected chi connectivity index (χ4v) is 4.62.